The number of carbonyl (C=O) groups is 1. The number of fused-ring (bicyclic) bond motifs is 1. The average molecular weight is 418 g/mol. The van der Waals surface area contributed by atoms with Crippen molar-refractivity contribution in [3.8, 4) is 5.75 Å². The molecule has 0 bridgehead atoms. The van der Waals surface area contributed by atoms with E-state index in [1.165, 1.54) is 6.08 Å². The summed E-state index contributed by atoms with van der Waals surface area (Å²) in [6.07, 6.45) is 5.30. The summed E-state index contributed by atoms with van der Waals surface area (Å²) in [7, 11) is 1.58. The van der Waals surface area contributed by atoms with E-state index < -0.39 is 0 Å². The lowest BCUT2D eigenvalue weighted by Gasteiger charge is -2.14. The normalized spacial score (nSPS) is 10.6. The van der Waals surface area contributed by atoms with Crippen LogP contribution in [0.1, 0.15) is 11.3 Å². The SMILES string of the molecule is COc1ccc(/C=C/C(=O)Nc2cc(N)c3ccccc3c2CCCl)nc1.Cl. The Hall–Kier alpha value is -2.76. The fourth-order valence-electron chi connectivity index (χ4n) is 2.89. The summed E-state index contributed by atoms with van der Waals surface area (Å²) in [5.41, 5.74) is 9.08. The fraction of sp³-hybridized carbons (Fsp3) is 0.143. The van der Waals surface area contributed by atoms with Crippen LogP contribution in [0.4, 0.5) is 11.4 Å². The van der Waals surface area contributed by atoms with Crippen molar-refractivity contribution in [1.82, 2.24) is 4.98 Å². The Kier molecular flexibility index (Phi) is 7.67. The highest BCUT2D eigenvalue weighted by Crippen LogP contribution is 2.32. The molecule has 0 radical (unpaired) electrons. The molecule has 0 aliphatic carbocycles. The van der Waals surface area contributed by atoms with Gasteiger partial charge in [0.05, 0.1) is 19.0 Å². The standard InChI is InChI=1S/C21H20ClN3O2.ClH/c1-27-15-8-6-14(24-13-15)7-9-21(26)25-20-12-19(23)17-5-3-2-4-16(17)18(20)10-11-22;/h2-9,12-13H,10-11,23H2,1H3,(H,25,26);1H/b9-7+;. The lowest BCUT2D eigenvalue weighted by Crippen LogP contribution is -2.11. The van der Waals surface area contributed by atoms with Gasteiger partial charge < -0.3 is 15.8 Å². The minimum Gasteiger partial charge on any atom is -0.495 e. The minimum absolute atomic E-state index is 0. The van der Waals surface area contributed by atoms with Crippen molar-refractivity contribution < 1.29 is 9.53 Å². The first-order chi connectivity index (χ1) is 13.1. The van der Waals surface area contributed by atoms with Gasteiger partial charge in [-0.3, -0.25) is 9.78 Å². The molecule has 3 N–H and O–H groups in total. The molecule has 0 aliphatic heterocycles. The zero-order chi connectivity index (χ0) is 19.2. The molecule has 1 heterocycles. The molecule has 0 atom stereocenters. The van der Waals surface area contributed by atoms with Crippen LogP contribution in [0.25, 0.3) is 16.8 Å². The maximum Gasteiger partial charge on any atom is 0.248 e. The number of nitrogens with one attached hydrogen (secondary N) is 1. The first kappa shape index (κ1) is 21.5. The van der Waals surface area contributed by atoms with Gasteiger partial charge in [-0.05, 0) is 41.6 Å². The van der Waals surface area contributed by atoms with E-state index in [9.17, 15) is 4.79 Å². The predicted octanol–water partition coefficient (Wildman–Crippen LogP) is 4.68. The molecule has 0 aliphatic rings. The zero-order valence-electron chi connectivity index (χ0n) is 15.3. The highest BCUT2D eigenvalue weighted by atomic mass is 35.5. The number of ether oxygens (including phenoxy) is 1. The molecule has 28 heavy (non-hydrogen) atoms. The highest BCUT2D eigenvalue weighted by molar-refractivity contribution is 6.18. The summed E-state index contributed by atoms with van der Waals surface area (Å²) < 4.78 is 5.07. The molecule has 146 valence electrons. The van der Waals surface area contributed by atoms with Gasteiger partial charge in [0.25, 0.3) is 0 Å². The van der Waals surface area contributed by atoms with Crippen LogP contribution in [0.5, 0.6) is 5.75 Å². The van der Waals surface area contributed by atoms with Crippen molar-refractivity contribution in [2.24, 2.45) is 0 Å². The van der Waals surface area contributed by atoms with Crippen molar-refractivity contribution in [3.63, 3.8) is 0 Å². The van der Waals surface area contributed by atoms with Gasteiger partial charge in [0.15, 0.2) is 0 Å². The smallest absolute Gasteiger partial charge is 0.248 e. The summed E-state index contributed by atoms with van der Waals surface area (Å²) >= 11 is 5.97. The number of carbonyl (C=O) groups excluding carboxylic acids is 1. The molecule has 1 aromatic heterocycles. The molecule has 5 nitrogen and oxygen atoms in total. The Morgan fingerprint density at radius 2 is 2.00 bits per heavy atom. The Morgan fingerprint density at radius 3 is 2.64 bits per heavy atom. The largest absolute Gasteiger partial charge is 0.495 e. The number of aromatic nitrogens is 1. The van der Waals surface area contributed by atoms with Gasteiger partial charge in [0.2, 0.25) is 5.91 Å². The zero-order valence-corrected chi connectivity index (χ0v) is 16.9. The van der Waals surface area contributed by atoms with Gasteiger partial charge >= 0.3 is 0 Å². The number of pyridine rings is 1. The molecular weight excluding hydrogens is 397 g/mol. The number of amides is 1. The number of nitrogens with two attached hydrogens (primary N) is 1. The summed E-state index contributed by atoms with van der Waals surface area (Å²) in [5.74, 6) is 0.842. The summed E-state index contributed by atoms with van der Waals surface area (Å²) in [5, 5.41) is 4.85. The molecule has 2 aromatic carbocycles. The number of methoxy groups -OCH3 is 1. The number of anilines is 2. The van der Waals surface area contributed by atoms with E-state index in [1.807, 2.05) is 24.3 Å². The van der Waals surface area contributed by atoms with Crippen molar-refractivity contribution in [2.75, 3.05) is 24.0 Å². The molecule has 7 heteroatoms. The molecule has 1 amide bonds. The van der Waals surface area contributed by atoms with E-state index in [0.29, 0.717) is 35.1 Å². The van der Waals surface area contributed by atoms with Crippen LogP contribution in [0.3, 0.4) is 0 Å². The van der Waals surface area contributed by atoms with E-state index in [4.69, 9.17) is 22.1 Å². The number of halogens is 2. The summed E-state index contributed by atoms with van der Waals surface area (Å²) in [6, 6.07) is 13.2. The van der Waals surface area contributed by atoms with Crippen LogP contribution in [-0.4, -0.2) is 23.9 Å². The summed E-state index contributed by atoms with van der Waals surface area (Å²) in [6.45, 7) is 0. The molecular formula is C21H21Cl2N3O2. The lowest BCUT2D eigenvalue weighted by atomic mass is 9.99. The first-order valence-corrected chi connectivity index (χ1v) is 9.01. The Balaban J connectivity index is 0.00000280. The third kappa shape index (κ3) is 4.94. The number of nitrogens with zero attached hydrogens (tertiary/aromatic N) is 1. The van der Waals surface area contributed by atoms with Crippen LogP contribution in [0, 0.1) is 0 Å². The van der Waals surface area contributed by atoms with Gasteiger partial charge in [0, 0.05) is 28.7 Å². The molecule has 3 aromatic rings. The minimum atomic E-state index is -0.266. The van der Waals surface area contributed by atoms with Crippen molar-refractivity contribution in [2.45, 2.75) is 6.42 Å². The number of rotatable bonds is 6. The first-order valence-electron chi connectivity index (χ1n) is 8.47. The van der Waals surface area contributed by atoms with E-state index >= 15 is 0 Å². The van der Waals surface area contributed by atoms with E-state index in [1.54, 1.807) is 37.6 Å². The molecule has 0 saturated heterocycles. The van der Waals surface area contributed by atoms with Gasteiger partial charge in [-0.2, -0.15) is 0 Å². The van der Waals surface area contributed by atoms with Crippen molar-refractivity contribution >= 4 is 58.1 Å². The maximum atomic E-state index is 12.4. The van der Waals surface area contributed by atoms with Crippen LogP contribution in [-0.2, 0) is 11.2 Å². The van der Waals surface area contributed by atoms with Crippen LogP contribution in [0.2, 0.25) is 0 Å². The van der Waals surface area contributed by atoms with Crippen LogP contribution >= 0.6 is 24.0 Å². The van der Waals surface area contributed by atoms with E-state index in [2.05, 4.69) is 10.3 Å². The molecule has 0 unspecified atom stereocenters. The van der Waals surface area contributed by atoms with Crippen molar-refractivity contribution in [1.29, 1.82) is 0 Å². The number of benzene rings is 2. The van der Waals surface area contributed by atoms with Gasteiger partial charge in [-0.15, -0.1) is 24.0 Å². The molecule has 0 spiro atoms. The summed E-state index contributed by atoms with van der Waals surface area (Å²) in [4.78, 5) is 16.6. The fourth-order valence-corrected chi connectivity index (χ4v) is 3.07. The number of alkyl halides is 1. The molecule has 0 saturated carbocycles. The Bertz CT molecular complexity index is 989. The van der Waals surface area contributed by atoms with E-state index in [0.717, 1.165) is 16.3 Å². The number of hydrogen-bond acceptors (Lipinski definition) is 4. The molecule has 0 fully saturated rings. The van der Waals surface area contributed by atoms with Crippen LogP contribution < -0.4 is 15.8 Å². The highest BCUT2D eigenvalue weighted by Gasteiger charge is 2.12. The second-order valence-electron chi connectivity index (χ2n) is 5.92. The average Bonchev–Trinajstić information content (AvgIpc) is 2.70. The third-order valence-electron chi connectivity index (χ3n) is 4.19. The topological polar surface area (TPSA) is 77.2 Å². The maximum absolute atomic E-state index is 12.4. The quantitative estimate of drug-likeness (QED) is 0.346. The monoisotopic (exact) mass is 417 g/mol. The molecule has 3 rings (SSSR count). The number of aryl methyl sites for hydroxylation is 1. The third-order valence-corrected chi connectivity index (χ3v) is 4.38. The Labute approximate surface area is 175 Å². The van der Waals surface area contributed by atoms with E-state index in [-0.39, 0.29) is 18.3 Å². The lowest BCUT2D eigenvalue weighted by molar-refractivity contribution is -0.111. The number of nitrogen functional groups attached to an aromatic ring is 1. The van der Waals surface area contributed by atoms with Crippen molar-refractivity contribution in [3.05, 3.63) is 66.0 Å². The second-order valence-corrected chi connectivity index (χ2v) is 6.30. The second kappa shape index (κ2) is 9.97. The number of hydrogen-bond donors (Lipinski definition) is 2. The van der Waals surface area contributed by atoms with Gasteiger partial charge in [0.1, 0.15) is 5.75 Å². The Morgan fingerprint density at radius 1 is 1.25 bits per heavy atom. The van der Waals surface area contributed by atoms with Crippen LogP contribution in [0.15, 0.2) is 54.7 Å². The van der Waals surface area contributed by atoms with Gasteiger partial charge in [-0.1, -0.05) is 24.3 Å². The predicted molar refractivity (Wildman–Crippen MR) is 118 cm³/mol. The van der Waals surface area contributed by atoms with Gasteiger partial charge in [-0.25, -0.2) is 0 Å².